The molecule has 1 heteroatoms. The smallest absolute Gasteiger partial charge is 0.0540 e. The van der Waals surface area contributed by atoms with Crippen LogP contribution in [-0.2, 0) is 0 Å². The molecule has 1 atom stereocenters. The van der Waals surface area contributed by atoms with Crippen LogP contribution in [0.3, 0.4) is 0 Å². The molecule has 0 saturated carbocycles. The predicted molar refractivity (Wildman–Crippen MR) is 52.2 cm³/mol. The lowest BCUT2D eigenvalue weighted by Crippen LogP contribution is -2.29. The van der Waals surface area contributed by atoms with E-state index in [0.717, 1.165) is 5.54 Å². The fourth-order valence-corrected chi connectivity index (χ4v) is 3.57. The first-order valence-electron chi connectivity index (χ1n) is 4.17. The molecule has 0 rings (SSSR count). The molecule has 0 aromatic heterocycles. The Kier molecular flexibility index (Phi) is 3.95. The summed E-state index contributed by atoms with van der Waals surface area (Å²) in [6.07, 6.45) is 3.44. The molecule has 0 aliphatic heterocycles. The Morgan fingerprint density at radius 3 is 2.30 bits per heavy atom. The van der Waals surface area contributed by atoms with Crippen molar-refractivity contribution in [2.45, 2.75) is 44.9 Å². The van der Waals surface area contributed by atoms with Crippen molar-refractivity contribution in [3.05, 3.63) is 12.7 Å². The van der Waals surface area contributed by atoms with E-state index in [-0.39, 0.29) is 0 Å². The summed E-state index contributed by atoms with van der Waals surface area (Å²) in [5.74, 6) is 0. The van der Waals surface area contributed by atoms with E-state index in [4.69, 9.17) is 0 Å². The maximum absolute atomic E-state index is 3.84. The van der Waals surface area contributed by atoms with Gasteiger partial charge < -0.3 is 0 Å². The third kappa shape index (κ3) is 2.69. The molecule has 0 nitrogen and oxygen atoms in total. The summed E-state index contributed by atoms with van der Waals surface area (Å²) in [5, 5.41) is 0. The molecule has 0 aromatic rings. The van der Waals surface area contributed by atoms with Crippen molar-refractivity contribution in [1.29, 1.82) is 0 Å². The van der Waals surface area contributed by atoms with Crippen LogP contribution >= 0.6 is 0 Å². The van der Waals surface area contributed by atoms with Crippen molar-refractivity contribution < 1.29 is 0 Å². The maximum atomic E-state index is 3.84. The summed E-state index contributed by atoms with van der Waals surface area (Å²) < 4.78 is 0. The maximum Gasteiger partial charge on any atom is 0.0540 e. The van der Waals surface area contributed by atoms with Crippen LogP contribution in [-0.4, -0.2) is 8.07 Å². The quantitative estimate of drug-likeness (QED) is 0.430. The molecular formula is C9H20Si. The molecule has 1 unspecified atom stereocenters. The number of rotatable bonds is 4. The summed E-state index contributed by atoms with van der Waals surface area (Å²) in [7, 11) is -0.925. The minimum atomic E-state index is -0.925. The molecule has 0 heterocycles. The van der Waals surface area contributed by atoms with Crippen molar-refractivity contribution >= 4 is 8.07 Å². The Hall–Kier alpha value is -0.0431. The van der Waals surface area contributed by atoms with Crippen molar-refractivity contribution in [2.75, 3.05) is 0 Å². The Labute approximate surface area is 66.4 Å². The Bertz CT molecular complexity index is 105. The summed E-state index contributed by atoms with van der Waals surface area (Å²) in [4.78, 5) is 0. The molecule has 0 N–H and O–H groups in total. The molecule has 60 valence electrons. The van der Waals surface area contributed by atoms with Crippen LogP contribution in [0.5, 0.6) is 0 Å². The highest BCUT2D eigenvalue weighted by atomic mass is 28.3. The molecule has 0 radical (unpaired) electrons. The topological polar surface area (TPSA) is 0 Å². The monoisotopic (exact) mass is 156 g/mol. The highest BCUT2D eigenvalue weighted by molar-refractivity contribution is 6.79. The van der Waals surface area contributed by atoms with E-state index in [2.05, 4.69) is 39.6 Å². The zero-order chi connectivity index (χ0) is 8.20. The van der Waals surface area contributed by atoms with Gasteiger partial charge in [0.15, 0.2) is 0 Å². The van der Waals surface area contributed by atoms with E-state index in [1.807, 2.05) is 0 Å². The van der Waals surface area contributed by atoms with E-state index in [9.17, 15) is 0 Å². The zero-order valence-corrected chi connectivity index (χ0v) is 8.78. The third-order valence-electron chi connectivity index (χ3n) is 2.48. The van der Waals surface area contributed by atoms with Gasteiger partial charge in [-0.3, -0.25) is 0 Å². The number of allylic oxidation sites excluding steroid dienone is 1. The zero-order valence-electron chi connectivity index (χ0n) is 7.78. The number of hydrogen-bond acceptors (Lipinski definition) is 0. The van der Waals surface area contributed by atoms with Crippen LogP contribution in [0.15, 0.2) is 12.7 Å². The molecule has 0 aromatic carbocycles. The fourth-order valence-electron chi connectivity index (χ4n) is 1.19. The second kappa shape index (κ2) is 3.97. The second-order valence-corrected chi connectivity index (χ2v) is 9.15. The molecular weight excluding hydrogens is 136 g/mol. The van der Waals surface area contributed by atoms with Gasteiger partial charge in [0.2, 0.25) is 0 Å². The standard InChI is InChI=1S/C9H20Si/c1-6-8-10(4,5)9(3)7-2/h7,9H,2,6,8H2,1,3-5H3. The van der Waals surface area contributed by atoms with Gasteiger partial charge in [0, 0.05) is 0 Å². The highest BCUT2D eigenvalue weighted by Gasteiger charge is 2.24. The lowest BCUT2D eigenvalue weighted by Gasteiger charge is -2.26. The average molecular weight is 156 g/mol. The predicted octanol–water partition coefficient (Wildman–Crippen LogP) is 3.68. The minimum Gasteiger partial charge on any atom is -0.103 e. The Balaban J connectivity index is 3.94. The summed E-state index contributed by atoms with van der Waals surface area (Å²) in [5.41, 5.74) is 0.771. The lowest BCUT2D eigenvalue weighted by molar-refractivity contribution is 0.995. The lowest BCUT2D eigenvalue weighted by atomic mass is 10.5. The van der Waals surface area contributed by atoms with Crippen LogP contribution in [0.4, 0.5) is 0 Å². The van der Waals surface area contributed by atoms with Gasteiger partial charge in [-0.2, -0.15) is 0 Å². The van der Waals surface area contributed by atoms with Gasteiger partial charge in [0.1, 0.15) is 0 Å². The number of hydrogen-bond donors (Lipinski definition) is 0. The first-order chi connectivity index (χ1) is 4.54. The van der Waals surface area contributed by atoms with Crippen LogP contribution in [0.1, 0.15) is 20.3 Å². The second-order valence-electron chi connectivity index (χ2n) is 3.76. The van der Waals surface area contributed by atoms with Crippen LogP contribution in [0.2, 0.25) is 24.7 Å². The van der Waals surface area contributed by atoms with Crippen LogP contribution < -0.4 is 0 Å². The first-order valence-corrected chi connectivity index (χ1v) is 7.45. The molecule has 0 fully saturated rings. The molecule has 10 heavy (non-hydrogen) atoms. The SMILES string of the molecule is C=CC(C)[Si](C)(C)CCC. The van der Waals surface area contributed by atoms with Gasteiger partial charge in [0.25, 0.3) is 0 Å². The summed E-state index contributed by atoms with van der Waals surface area (Å²) in [6.45, 7) is 13.3. The van der Waals surface area contributed by atoms with Crippen molar-refractivity contribution in [1.82, 2.24) is 0 Å². The van der Waals surface area contributed by atoms with E-state index in [1.165, 1.54) is 12.5 Å². The Morgan fingerprint density at radius 2 is 2.00 bits per heavy atom. The average Bonchev–Trinajstić information content (AvgIpc) is 1.86. The van der Waals surface area contributed by atoms with Gasteiger partial charge in [-0.05, 0) is 5.54 Å². The van der Waals surface area contributed by atoms with Crippen molar-refractivity contribution in [3.8, 4) is 0 Å². The van der Waals surface area contributed by atoms with Gasteiger partial charge in [0.05, 0.1) is 8.07 Å². The van der Waals surface area contributed by atoms with Crippen molar-refractivity contribution in [3.63, 3.8) is 0 Å². The molecule has 0 saturated heterocycles. The highest BCUT2D eigenvalue weighted by Crippen LogP contribution is 2.26. The van der Waals surface area contributed by atoms with Crippen LogP contribution in [0.25, 0.3) is 0 Å². The molecule has 0 aliphatic rings. The summed E-state index contributed by atoms with van der Waals surface area (Å²) in [6, 6.07) is 1.43. The minimum absolute atomic E-state index is 0.771. The molecule has 0 aliphatic carbocycles. The van der Waals surface area contributed by atoms with E-state index >= 15 is 0 Å². The van der Waals surface area contributed by atoms with E-state index in [1.54, 1.807) is 0 Å². The van der Waals surface area contributed by atoms with Gasteiger partial charge in [-0.1, -0.05) is 45.5 Å². The van der Waals surface area contributed by atoms with Gasteiger partial charge >= 0.3 is 0 Å². The van der Waals surface area contributed by atoms with E-state index in [0.29, 0.717) is 0 Å². The van der Waals surface area contributed by atoms with Gasteiger partial charge in [-0.15, -0.1) is 6.58 Å². The first kappa shape index (κ1) is 9.96. The van der Waals surface area contributed by atoms with Crippen molar-refractivity contribution in [2.24, 2.45) is 0 Å². The Morgan fingerprint density at radius 1 is 1.50 bits per heavy atom. The molecule has 0 spiro atoms. The fraction of sp³-hybridized carbons (Fsp3) is 0.778. The molecule has 0 bridgehead atoms. The third-order valence-corrected chi connectivity index (χ3v) is 6.97. The largest absolute Gasteiger partial charge is 0.103 e. The summed E-state index contributed by atoms with van der Waals surface area (Å²) >= 11 is 0. The van der Waals surface area contributed by atoms with Crippen LogP contribution in [0, 0.1) is 0 Å². The van der Waals surface area contributed by atoms with E-state index < -0.39 is 8.07 Å². The molecule has 0 amide bonds. The van der Waals surface area contributed by atoms with Gasteiger partial charge in [-0.25, -0.2) is 0 Å². The normalized spacial score (nSPS) is 14.8.